The van der Waals surface area contributed by atoms with Crippen LogP contribution in [0.4, 0.5) is 0 Å². The molecule has 0 aliphatic heterocycles. The van der Waals surface area contributed by atoms with Gasteiger partial charge >= 0.3 is 29.3 Å². The second-order valence-corrected chi connectivity index (χ2v) is 2.69. The van der Waals surface area contributed by atoms with Gasteiger partial charge in [-0.1, -0.05) is 0 Å². The van der Waals surface area contributed by atoms with Crippen LogP contribution < -0.4 is 0 Å². The van der Waals surface area contributed by atoms with E-state index in [4.69, 9.17) is 4.55 Å². The van der Waals surface area contributed by atoms with Crippen molar-refractivity contribution in [1.82, 2.24) is 0 Å². The van der Waals surface area contributed by atoms with E-state index in [1.54, 1.807) is 0 Å². The number of methoxy groups -OCH3 is 1. The van der Waals surface area contributed by atoms with Crippen molar-refractivity contribution >= 4 is 29.3 Å². The van der Waals surface area contributed by atoms with Gasteiger partial charge in [0.1, 0.15) is 0 Å². The predicted octanol–water partition coefficient (Wildman–Crippen LogP) is -0.806. The molecule has 0 amide bonds. The summed E-state index contributed by atoms with van der Waals surface area (Å²) < 4.78 is 36.4. The van der Waals surface area contributed by atoms with E-state index in [9.17, 15) is 8.42 Å². The van der Waals surface area contributed by atoms with Gasteiger partial charge in [0, 0.05) is 13.7 Å². The van der Waals surface area contributed by atoms with E-state index < -0.39 is 10.4 Å². The standard InChI is InChI=1S/C4H10O5S.Li.H/c1-8-3-2-4-9-10(5,6)7;;/h2-4H2,1H3,(H,5,6,7);;. The third-order valence-corrected chi connectivity index (χ3v) is 1.19. The third kappa shape index (κ3) is 13.4. The van der Waals surface area contributed by atoms with Crippen molar-refractivity contribution in [3.63, 3.8) is 0 Å². The first-order chi connectivity index (χ1) is 4.56. The summed E-state index contributed by atoms with van der Waals surface area (Å²) in [5.74, 6) is 0. The molecule has 0 aromatic heterocycles. The number of ether oxygens (including phenoxy) is 1. The molecule has 0 aliphatic rings. The number of hydrogen-bond donors (Lipinski definition) is 1. The van der Waals surface area contributed by atoms with Crippen LogP contribution in [0.3, 0.4) is 0 Å². The molecule has 0 saturated carbocycles. The summed E-state index contributed by atoms with van der Waals surface area (Å²) in [4.78, 5) is 0. The summed E-state index contributed by atoms with van der Waals surface area (Å²) in [6, 6.07) is 0. The van der Waals surface area contributed by atoms with Gasteiger partial charge < -0.3 is 4.74 Å². The zero-order valence-electron chi connectivity index (χ0n) is 5.61. The molecule has 0 fully saturated rings. The average Bonchev–Trinajstić information content (AvgIpc) is 1.78. The first-order valence-electron chi connectivity index (χ1n) is 2.67. The summed E-state index contributed by atoms with van der Waals surface area (Å²) in [6.45, 7) is 0.363. The average molecular weight is 178 g/mol. The Labute approximate surface area is 78.2 Å². The molecule has 7 heteroatoms. The van der Waals surface area contributed by atoms with Crippen molar-refractivity contribution in [2.24, 2.45) is 0 Å². The van der Waals surface area contributed by atoms with Crippen molar-refractivity contribution in [2.75, 3.05) is 20.3 Å². The predicted molar refractivity (Wildman–Crippen MR) is 41.1 cm³/mol. The van der Waals surface area contributed by atoms with Gasteiger partial charge in [-0.3, -0.25) is 4.55 Å². The van der Waals surface area contributed by atoms with Gasteiger partial charge in [-0.25, -0.2) is 4.18 Å². The van der Waals surface area contributed by atoms with Gasteiger partial charge in [-0.15, -0.1) is 0 Å². The summed E-state index contributed by atoms with van der Waals surface area (Å²) in [6.07, 6.45) is 0.441. The second-order valence-electron chi connectivity index (χ2n) is 1.60. The van der Waals surface area contributed by atoms with Crippen LogP contribution in [0.1, 0.15) is 6.42 Å². The molecule has 0 rings (SSSR count). The SMILES string of the molecule is COCCCOS(=O)(=O)O.[LiH]. The van der Waals surface area contributed by atoms with Gasteiger partial charge in [-0.05, 0) is 6.42 Å². The van der Waals surface area contributed by atoms with E-state index in [0.717, 1.165) is 0 Å². The van der Waals surface area contributed by atoms with Crippen LogP contribution in [0.5, 0.6) is 0 Å². The monoisotopic (exact) mass is 178 g/mol. The van der Waals surface area contributed by atoms with Crippen LogP contribution in [-0.2, 0) is 19.3 Å². The summed E-state index contributed by atoms with van der Waals surface area (Å²) >= 11 is 0. The Bertz CT molecular complexity index is 165. The first kappa shape index (κ1) is 14.0. The van der Waals surface area contributed by atoms with Crippen LogP contribution in [0.25, 0.3) is 0 Å². The molecule has 0 aromatic rings. The molecular formula is C4H11LiO5S. The minimum atomic E-state index is -4.26. The van der Waals surface area contributed by atoms with E-state index in [1.165, 1.54) is 7.11 Å². The Morgan fingerprint density at radius 2 is 1.91 bits per heavy atom. The normalized spacial score (nSPS) is 10.7. The van der Waals surface area contributed by atoms with Gasteiger partial charge in [0.05, 0.1) is 6.61 Å². The Hall–Kier alpha value is 0.427. The van der Waals surface area contributed by atoms with Gasteiger partial charge in [0.15, 0.2) is 0 Å². The first-order valence-corrected chi connectivity index (χ1v) is 4.03. The van der Waals surface area contributed by atoms with Crippen molar-refractivity contribution in [1.29, 1.82) is 0 Å². The van der Waals surface area contributed by atoms with Gasteiger partial charge in [-0.2, -0.15) is 8.42 Å². The van der Waals surface area contributed by atoms with Crippen molar-refractivity contribution in [3.8, 4) is 0 Å². The van der Waals surface area contributed by atoms with E-state index in [-0.39, 0.29) is 25.5 Å². The third-order valence-electron chi connectivity index (χ3n) is 0.725. The van der Waals surface area contributed by atoms with Gasteiger partial charge in [0.25, 0.3) is 0 Å². The fourth-order valence-electron chi connectivity index (χ4n) is 0.367. The van der Waals surface area contributed by atoms with E-state index in [2.05, 4.69) is 8.92 Å². The molecule has 0 radical (unpaired) electrons. The van der Waals surface area contributed by atoms with Crippen LogP contribution in [0.15, 0.2) is 0 Å². The number of hydrogen-bond acceptors (Lipinski definition) is 4. The molecule has 0 aliphatic carbocycles. The Morgan fingerprint density at radius 3 is 2.27 bits per heavy atom. The van der Waals surface area contributed by atoms with Crippen molar-refractivity contribution < 1.29 is 21.9 Å². The quantitative estimate of drug-likeness (QED) is 0.338. The maximum atomic E-state index is 9.89. The molecule has 0 unspecified atom stereocenters. The molecule has 0 heterocycles. The molecular weight excluding hydrogens is 167 g/mol. The summed E-state index contributed by atoms with van der Waals surface area (Å²) in [5.41, 5.74) is 0. The van der Waals surface area contributed by atoms with Crippen LogP contribution in [-0.4, -0.2) is 52.2 Å². The Kier molecular flexibility index (Phi) is 9.02. The molecule has 64 valence electrons. The number of rotatable bonds is 5. The van der Waals surface area contributed by atoms with Crippen LogP contribution >= 0.6 is 0 Å². The Balaban J connectivity index is 0. The maximum absolute atomic E-state index is 9.89. The minimum absolute atomic E-state index is 0. The fourth-order valence-corrected chi connectivity index (χ4v) is 0.696. The van der Waals surface area contributed by atoms with Gasteiger partial charge in [0.2, 0.25) is 0 Å². The van der Waals surface area contributed by atoms with E-state index in [1.807, 2.05) is 0 Å². The molecule has 0 bridgehead atoms. The van der Waals surface area contributed by atoms with Crippen molar-refractivity contribution in [2.45, 2.75) is 6.42 Å². The molecule has 0 atom stereocenters. The van der Waals surface area contributed by atoms with E-state index in [0.29, 0.717) is 13.0 Å². The van der Waals surface area contributed by atoms with Crippen LogP contribution in [0.2, 0.25) is 0 Å². The molecule has 0 aromatic carbocycles. The second kappa shape index (κ2) is 7.10. The molecule has 1 N–H and O–H groups in total. The summed E-state index contributed by atoms with van der Waals surface area (Å²) in [7, 11) is -2.77. The molecule has 0 saturated heterocycles. The zero-order valence-corrected chi connectivity index (χ0v) is 6.43. The zero-order chi connectivity index (χ0) is 8.04. The van der Waals surface area contributed by atoms with Crippen molar-refractivity contribution in [3.05, 3.63) is 0 Å². The molecule has 0 spiro atoms. The summed E-state index contributed by atoms with van der Waals surface area (Å²) in [5, 5.41) is 0. The molecule has 11 heavy (non-hydrogen) atoms. The fraction of sp³-hybridized carbons (Fsp3) is 1.00. The van der Waals surface area contributed by atoms with E-state index >= 15 is 0 Å². The molecule has 5 nitrogen and oxygen atoms in total. The Morgan fingerprint density at radius 1 is 1.36 bits per heavy atom. The van der Waals surface area contributed by atoms with Crippen LogP contribution in [0, 0.1) is 0 Å². The topological polar surface area (TPSA) is 72.8 Å².